The van der Waals surface area contributed by atoms with Crippen LogP contribution in [0.5, 0.6) is 0 Å². The Bertz CT molecular complexity index is 1220. The molecular formula is C22H24FN9. The van der Waals surface area contributed by atoms with Gasteiger partial charge < -0.3 is 24.6 Å². The number of aromatic amines is 1. The summed E-state index contributed by atoms with van der Waals surface area (Å²) in [4.78, 5) is 24.6. The molecule has 0 bridgehead atoms. The van der Waals surface area contributed by atoms with E-state index in [1.54, 1.807) is 11.2 Å². The summed E-state index contributed by atoms with van der Waals surface area (Å²) >= 11 is 0. The van der Waals surface area contributed by atoms with Crippen molar-refractivity contribution >= 4 is 28.5 Å². The summed E-state index contributed by atoms with van der Waals surface area (Å²) in [7, 11) is 3.88. The van der Waals surface area contributed by atoms with Gasteiger partial charge in [-0.3, -0.25) is 0 Å². The van der Waals surface area contributed by atoms with Crippen molar-refractivity contribution in [3.63, 3.8) is 0 Å². The molecule has 0 spiro atoms. The molecule has 32 heavy (non-hydrogen) atoms. The van der Waals surface area contributed by atoms with E-state index in [0.717, 1.165) is 48.7 Å². The second-order valence-corrected chi connectivity index (χ2v) is 8.14. The van der Waals surface area contributed by atoms with Crippen LogP contribution in [0.1, 0.15) is 5.56 Å². The van der Waals surface area contributed by atoms with Crippen LogP contribution in [0.15, 0.2) is 36.4 Å². The van der Waals surface area contributed by atoms with Crippen molar-refractivity contribution < 1.29 is 4.39 Å². The zero-order valence-electron chi connectivity index (χ0n) is 18.1. The SMILES string of the molecule is CN1CCN(c2nc(N(C)C3=CCN(c4ncnc5[nH]ccc45)C3)c(F)cc2C#N)CC1. The number of likely N-dealkylation sites (N-methyl/N-ethyl adjacent to an activating group) is 2. The highest BCUT2D eigenvalue weighted by molar-refractivity contribution is 5.87. The summed E-state index contributed by atoms with van der Waals surface area (Å²) in [5.74, 6) is 1.10. The fraction of sp³-hybridized carbons (Fsp3) is 0.364. The first kappa shape index (κ1) is 20.2. The van der Waals surface area contributed by atoms with Crippen LogP contribution in [0, 0.1) is 17.1 Å². The van der Waals surface area contributed by atoms with Gasteiger partial charge in [0.05, 0.1) is 17.5 Å². The number of aromatic nitrogens is 4. The first-order valence-electron chi connectivity index (χ1n) is 10.5. The Morgan fingerprint density at radius 1 is 1.16 bits per heavy atom. The molecule has 0 amide bonds. The van der Waals surface area contributed by atoms with Crippen LogP contribution in [0.3, 0.4) is 0 Å². The monoisotopic (exact) mass is 433 g/mol. The van der Waals surface area contributed by atoms with E-state index in [0.29, 0.717) is 18.9 Å². The van der Waals surface area contributed by atoms with Crippen LogP contribution in [0.2, 0.25) is 0 Å². The fourth-order valence-corrected chi connectivity index (χ4v) is 4.24. The van der Waals surface area contributed by atoms with Crippen molar-refractivity contribution in [2.75, 3.05) is 68.1 Å². The summed E-state index contributed by atoms with van der Waals surface area (Å²) in [6.45, 7) is 4.48. The van der Waals surface area contributed by atoms with Gasteiger partial charge >= 0.3 is 0 Å². The molecule has 1 saturated heterocycles. The molecule has 164 valence electrons. The zero-order valence-corrected chi connectivity index (χ0v) is 18.1. The summed E-state index contributed by atoms with van der Waals surface area (Å²) in [5, 5.41) is 10.5. The number of nitrogens with one attached hydrogen (secondary N) is 1. The van der Waals surface area contributed by atoms with Gasteiger partial charge in [-0.15, -0.1) is 0 Å². The van der Waals surface area contributed by atoms with Crippen LogP contribution in [-0.4, -0.2) is 78.2 Å². The van der Waals surface area contributed by atoms with Gasteiger partial charge in [-0.05, 0) is 25.3 Å². The highest BCUT2D eigenvalue weighted by atomic mass is 19.1. The lowest BCUT2D eigenvalue weighted by molar-refractivity contribution is 0.312. The maximum atomic E-state index is 15.0. The van der Waals surface area contributed by atoms with Gasteiger partial charge in [-0.25, -0.2) is 19.3 Å². The van der Waals surface area contributed by atoms with Gasteiger partial charge in [0.25, 0.3) is 0 Å². The Morgan fingerprint density at radius 3 is 2.75 bits per heavy atom. The van der Waals surface area contributed by atoms with Crippen molar-refractivity contribution in [2.45, 2.75) is 0 Å². The van der Waals surface area contributed by atoms with E-state index in [9.17, 15) is 9.65 Å². The fourth-order valence-electron chi connectivity index (χ4n) is 4.24. The third kappa shape index (κ3) is 3.50. The highest BCUT2D eigenvalue weighted by Crippen LogP contribution is 2.31. The molecule has 0 radical (unpaired) electrons. The Morgan fingerprint density at radius 2 is 1.97 bits per heavy atom. The maximum Gasteiger partial charge on any atom is 0.171 e. The third-order valence-corrected chi connectivity index (χ3v) is 6.14. The van der Waals surface area contributed by atoms with Gasteiger partial charge in [0, 0.05) is 51.7 Å². The Balaban J connectivity index is 1.41. The minimum atomic E-state index is -0.503. The summed E-state index contributed by atoms with van der Waals surface area (Å²) in [5.41, 5.74) is 1.98. The number of pyridine rings is 1. The zero-order chi connectivity index (χ0) is 22.2. The van der Waals surface area contributed by atoms with E-state index in [4.69, 9.17) is 0 Å². The van der Waals surface area contributed by atoms with E-state index >= 15 is 0 Å². The highest BCUT2D eigenvalue weighted by Gasteiger charge is 2.26. The van der Waals surface area contributed by atoms with Crippen LogP contribution in [-0.2, 0) is 0 Å². The number of anilines is 3. The molecule has 9 nitrogen and oxygen atoms in total. The maximum absolute atomic E-state index is 15.0. The first-order valence-corrected chi connectivity index (χ1v) is 10.5. The number of fused-ring (bicyclic) bond motifs is 1. The third-order valence-electron chi connectivity index (χ3n) is 6.14. The molecule has 0 aromatic carbocycles. The van der Waals surface area contributed by atoms with Gasteiger partial charge in [0.2, 0.25) is 0 Å². The number of piperazine rings is 1. The molecule has 5 heterocycles. The second kappa shape index (κ2) is 8.09. The largest absolute Gasteiger partial charge is 0.353 e. The van der Waals surface area contributed by atoms with Crippen LogP contribution >= 0.6 is 0 Å². The first-order chi connectivity index (χ1) is 15.5. The predicted octanol–water partition coefficient (Wildman–Crippen LogP) is 1.96. The van der Waals surface area contributed by atoms with Crippen LogP contribution < -0.4 is 14.7 Å². The number of nitrogens with zero attached hydrogens (tertiary/aromatic N) is 8. The Kier molecular flexibility index (Phi) is 5.11. The summed E-state index contributed by atoms with van der Waals surface area (Å²) in [6.07, 6.45) is 5.44. The van der Waals surface area contributed by atoms with E-state index in [1.807, 2.05) is 19.3 Å². The number of rotatable bonds is 4. The molecule has 0 saturated carbocycles. The molecule has 0 aliphatic carbocycles. The van der Waals surface area contributed by atoms with Crippen molar-refractivity contribution in [2.24, 2.45) is 0 Å². The number of halogens is 1. The number of nitriles is 1. The van der Waals surface area contributed by atoms with Crippen molar-refractivity contribution in [1.29, 1.82) is 5.26 Å². The Labute approximate surface area is 185 Å². The van der Waals surface area contributed by atoms with Gasteiger partial charge in [-0.1, -0.05) is 0 Å². The molecule has 0 atom stereocenters. The standard InChI is InChI=1S/C22H24FN9/c1-29-7-9-31(10-8-29)20-15(12-24)11-18(23)22(28-20)30(2)16-4-6-32(13-16)21-17-3-5-25-19(17)26-14-27-21/h3-5,11,14H,6-10,13H2,1-2H3,(H,25,26,27). The lowest BCUT2D eigenvalue weighted by Gasteiger charge is -2.34. The smallest absolute Gasteiger partial charge is 0.171 e. The average Bonchev–Trinajstić information content (AvgIpc) is 3.49. The quantitative estimate of drug-likeness (QED) is 0.668. The number of hydrogen-bond donors (Lipinski definition) is 1. The van der Waals surface area contributed by atoms with E-state index in [-0.39, 0.29) is 11.4 Å². The minimum Gasteiger partial charge on any atom is -0.353 e. The van der Waals surface area contributed by atoms with E-state index < -0.39 is 5.82 Å². The lowest BCUT2D eigenvalue weighted by Crippen LogP contribution is -2.45. The molecule has 1 N–H and O–H groups in total. The molecule has 3 aromatic heterocycles. The van der Waals surface area contributed by atoms with E-state index in [1.165, 1.54) is 6.07 Å². The molecule has 0 unspecified atom stereocenters. The molecule has 2 aliphatic heterocycles. The van der Waals surface area contributed by atoms with Crippen molar-refractivity contribution in [3.05, 3.63) is 47.8 Å². The topological polar surface area (TPSA) is 91.2 Å². The van der Waals surface area contributed by atoms with Gasteiger partial charge in [0.15, 0.2) is 11.6 Å². The van der Waals surface area contributed by atoms with E-state index in [2.05, 4.69) is 53.8 Å². The van der Waals surface area contributed by atoms with Crippen LogP contribution in [0.4, 0.5) is 21.8 Å². The van der Waals surface area contributed by atoms with Crippen molar-refractivity contribution in [3.8, 4) is 6.07 Å². The number of H-pyrrole nitrogens is 1. The second-order valence-electron chi connectivity index (χ2n) is 8.14. The molecule has 2 aliphatic rings. The average molecular weight is 433 g/mol. The summed E-state index contributed by atoms with van der Waals surface area (Å²) < 4.78 is 15.0. The molecular weight excluding hydrogens is 409 g/mol. The molecule has 10 heteroatoms. The Hall–Kier alpha value is -3.71. The van der Waals surface area contributed by atoms with Crippen LogP contribution in [0.25, 0.3) is 11.0 Å². The summed E-state index contributed by atoms with van der Waals surface area (Å²) in [6, 6.07) is 5.36. The molecule has 1 fully saturated rings. The van der Waals surface area contributed by atoms with Crippen molar-refractivity contribution in [1.82, 2.24) is 24.8 Å². The number of hydrogen-bond acceptors (Lipinski definition) is 8. The van der Waals surface area contributed by atoms with Gasteiger partial charge in [-0.2, -0.15) is 5.26 Å². The molecule has 3 aromatic rings. The predicted molar refractivity (Wildman–Crippen MR) is 121 cm³/mol. The normalized spacial score (nSPS) is 17.0. The molecule has 5 rings (SSSR count). The van der Waals surface area contributed by atoms with Gasteiger partial charge in [0.1, 0.15) is 29.7 Å². The minimum absolute atomic E-state index is 0.223. The lowest BCUT2D eigenvalue weighted by atomic mass is 10.2.